The van der Waals surface area contributed by atoms with Gasteiger partial charge in [-0.3, -0.25) is 9.89 Å². The minimum Gasteiger partial charge on any atom is -0.319 e. The summed E-state index contributed by atoms with van der Waals surface area (Å²) >= 11 is 7.48. The molecule has 5 rings (SSSR count). The normalized spacial score (nSPS) is 11.2. The van der Waals surface area contributed by atoms with Crippen LogP contribution in [-0.4, -0.2) is 30.7 Å². The fraction of sp³-hybridized carbons (Fsp3) is 0. The first-order chi connectivity index (χ1) is 13.7. The Balaban J connectivity index is 1.37. The second-order valence-electron chi connectivity index (χ2n) is 5.96. The molecule has 0 radical (unpaired) electrons. The van der Waals surface area contributed by atoms with E-state index in [1.54, 1.807) is 16.8 Å². The van der Waals surface area contributed by atoms with Gasteiger partial charge in [0.15, 0.2) is 10.9 Å². The van der Waals surface area contributed by atoms with Crippen molar-refractivity contribution in [1.29, 1.82) is 0 Å². The van der Waals surface area contributed by atoms with Gasteiger partial charge >= 0.3 is 0 Å². The summed E-state index contributed by atoms with van der Waals surface area (Å²) in [6, 6.07) is 11.2. The van der Waals surface area contributed by atoms with E-state index in [2.05, 4.69) is 30.9 Å². The summed E-state index contributed by atoms with van der Waals surface area (Å²) < 4.78 is 1.76. The minimum atomic E-state index is -0.295. The summed E-state index contributed by atoms with van der Waals surface area (Å²) in [6.07, 6.45) is 5.00. The number of carbonyl (C=O) groups is 1. The van der Waals surface area contributed by atoms with Crippen LogP contribution in [0.1, 0.15) is 9.67 Å². The van der Waals surface area contributed by atoms with Crippen molar-refractivity contribution in [2.24, 2.45) is 0 Å². The highest BCUT2D eigenvalue weighted by Crippen LogP contribution is 2.31. The molecule has 0 fully saturated rings. The van der Waals surface area contributed by atoms with Crippen molar-refractivity contribution in [3.05, 3.63) is 64.9 Å². The average molecular weight is 410 g/mol. The number of nitrogens with one attached hydrogen (secondary N) is 3. The topological polar surface area (TPSA) is 100 Å². The number of halogens is 1. The van der Waals surface area contributed by atoms with E-state index in [0.717, 1.165) is 16.4 Å². The number of hydrogen-bond acceptors (Lipinski definition) is 6. The highest BCUT2D eigenvalue weighted by Gasteiger charge is 2.16. The highest BCUT2D eigenvalue weighted by molar-refractivity contribution is 7.17. The van der Waals surface area contributed by atoms with E-state index in [-0.39, 0.29) is 5.91 Å². The summed E-state index contributed by atoms with van der Waals surface area (Å²) in [5.74, 6) is 0.356. The van der Waals surface area contributed by atoms with E-state index in [4.69, 9.17) is 11.6 Å². The number of fused-ring (bicyclic) bond motifs is 2. The van der Waals surface area contributed by atoms with Gasteiger partial charge in [0, 0.05) is 17.6 Å². The lowest BCUT2D eigenvalue weighted by molar-refractivity contribution is 0.103. The van der Waals surface area contributed by atoms with Gasteiger partial charge in [-0.2, -0.15) is 10.2 Å². The largest absolute Gasteiger partial charge is 0.319 e. The first kappa shape index (κ1) is 16.7. The smallest absolute Gasteiger partial charge is 0.267 e. The van der Waals surface area contributed by atoms with E-state index in [9.17, 15) is 4.79 Å². The summed E-state index contributed by atoms with van der Waals surface area (Å²) in [6.45, 7) is 0. The minimum absolute atomic E-state index is 0.295. The predicted molar refractivity (Wildman–Crippen MR) is 110 cm³/mol. The Morgan fingerprint density at radius 2 is 2.14 bits per heavy atom. The number of anilines is 3. The maximum atomic E-state index is 12.7. The van der Waals surface area contributed by atoms with E-state index < -0.39 is 0 Å². The van der Waals surface area contributed by atoms with Crippen LogP contribution in [0.25, 0.3) is 16.4 Å². The number of pyridine rings is 1. The molecule has 0 unspecified atom stereocenters. The van der Waals surface area contributed by atoms with Crippen LogP contribution in [0.3, 0.4) is 0 Å². The molecule has 138 valence electrons. The SMILES string of the molecule is O=C(Nc1c(Cl)ccc2[nH]ncc12)c1cnc(Nc2cc3ccccn3n2)s1. The summed E-state index contributed by atoms with van der Waals surface area (Å²) in [4.78, 5) is 17.4. The van der Waals surface area contributed by atoms with Crippen LogP contribution in [0.2, 0.25) is 5.02 Å². The van der Waals surface area contributed by atoms with Gasteiger partial charge in [-0.05, 0) is 24.3 Å². The summed E-state index contributed by atoms with van der Waals surface area (Å²) in [7, 11) is 0. The Labute approximate surface area is 167 Å². The third kappa shape index (κ3) is 2.96. The van der Waals surface area contributed by atoms with Crippen LogP contribution in [0.5, 0.6) is 0 Å². The fourth-order valence-electron chi connectivity index (χ4n) is 2.84. The predicted octanol–water partition coefficient (Wildman–Crippen LogP) is 4.32. The van der Waals surface area contributed by atoms with Gasteiger partial charge in [0.1, 0.15) is 4.88 Å². The molecule has 0 aliphatic carbocycles. The number of amides is 1. The second kappa shape index (κ2) is 6.63. The third-order valence-corrected chi connectivity index (χ3v) is 5.37. The van der Waals surface area contributed by atoms with Crippen LogP contribution in [0, 0.1) is 0 Å². The van der Waals surface area contributed by atoms with Crippen LogP contribution in [-0.2, 0) is 0 Å². The van der Waals surface area contributed by atoms with E-state index in [1.165, 1.54) is 17.5 Å². The molecule has 0 saturated carbocycles. The molecule has 4 heterocycles. The van der Waals surface area contributed by atoms with Gasteiger partial charge in [-0.15, -0.1) is 0 Å². The van der Waals surface area contributed by atoms with Crippen molar-refractivity contribution in [3.8, 4) is 0 Å². The standard InChI is InChI=1S/C18H12ClN7OS/c19-12-4-5-13-11(8-21-24-13)16(12)23-17(27)14-9-20-18(28-14)22-15-7-10-3-1-2-6-26(10)25-15/h1-9H,(H,21,24)(H,23,27)(H,20,22,25). The molecule has 0 atom stereocenters. The molecule has 28 heavy (non-hydrogen) atoms. The quantitative estimate of drug-likeness (QED) is 0.410. The first-order valence-electron chi connectivity index (χ1n) is 8.27. The van der Waals surface area contributed by atoms with E-state index >= 15 is 0 Å². The Bertz CT molecular complexity index is 1290. The number of hydrogen-bond donors (Lipinski definition) is 3. The van der Waals surface area contributed by atoms with Gasteiger partial charge in [-0.25, -0.2) is 9.50 Å². The second-order valence-corrected chi connectivity index (χ2v) is 7.40. The summed E-state index contributed by atoms with van der Waals surface area (Å²) in [5.41, 5.74) is 2.27. The number of benzene rings is 1. The number of H-pyrrole nitrogens is 1. The van der Waals surface area contributed by atoms with Crippen molar-refractivity contribution in [2.75, 3.05) is 10.6 Å². The maximum Gasteiger partial charge on any atom is 0.267 e. The maximum absolute atomic E-state index is 12.7. The van der Waals surface area contributed by atoms with E-state index in [0.29, 0.717) is 26.5 Å². The molecule has 10 heteroatoms. The Morgan fingerprint density at radius 1 is 1.21 bits per heavy atom. The Kier molecular flexibility index (Phi) is 3.96. The van der Waals surface area contributed by atoms with Crippen molar-refractivity contribution in [3.63, 3.8) is 0 Å². The molecular weight excluding hydrogens is 398 g/mol. The molecule has 0 aliphatic heterocycles. The average Bonchev–Trinajstić information content (AvgIpc) is 3.42. The number of thiazole rings is 1. The lowest BCUT2D eigenvalue weighted by Crippen LogP contribution is -2.10. The molecule has 0 bridgehead atoms. The van der Waals surface area contributed by atoms with Crippen molar-refractivity contribution in [2.45, 2.75) is 0 Å². The molecule has 3 N–H and O–H groups in total. The van der Waals surface area contributed by atoms with Gasteiger partial charge < -0.3 is 10.6 Å². The lowest BCUT2D eigenvalue weighted by Gasteiger charge is -2.07. The van der Waals surface area contributed by atoms with Crippen molar-refractivity contribution in [1.82, 2.24) is 24.8 Å². The highest BCUT2D eigenvalue weighted by atomic mass is 35.5. The zero-order valence-corrected chi connectivity index (χ0v) is 15.8. The lowest BCUT2D eigenvalue weighted by atomic mass is 10.2. The molecule has 8 nitrogen and oxygen atoms in total. The van der Waals surface area contributed by atoms with Gasteiger partial charge in [0.2, 0.25) is 0 Å². The molecule has 1 amide bonds. The van der Waals surface area contributed by atoms with E-state index in [1.807, 2.05) is 36.5 Å². The number of carbonyl (C=O) groups excluding carboxylic acids is 1. The zero-order valence-electron chi connectivity index (χ0n) is 14.2. The van der Waals surface area contributed by atoms with Crippen LogP contribution >= 0.6 is 22.9 Å². The third-order valence-electron chi connectivity index (χ3n) is 4.15. The van der Waals surface area contributed by atoms with Gasteiger partial charge in [-0.1, -0.05) is 29.0 Å². The van der Waals surface area contributed by atoms with Gasteiger partial charge in [0.25, 0.3) is 5.91 Å². The van der Waals surface area contributed by atoms with Crippen LogP contribution in [0.15, 0.2) is 55.0 Å². The zero-order chi connectivity index (χ0) is 19.1. The Hall–Kier alpha value is -3.43. The number of aromatic amines is 1. The number of rotatable bonds is 4. The Morgan fingerprint density at radius 3 is 3.04 bits per heavy atom. The van der Waals surface area contributed by atoms with Gasteiger partial charge in [0.05, 0.1) is 34.1 Å². The number of aromatic nitrogens is 5. The first-order valence-corrected chi connectivity index (χ1v) is 9.47. The molecule has 5 aromatic rings. The van der Waals surface area contributed by atoms with Crippen LogP contribution < -0.4 is 10.6 Å². The molecule has 4 aromatic heterocycles. The fourth-order valence-corrected chi connectivity index (χ4v) is 3.77. The molecule has 0 spiro atoms. The summed E-state index contributed by atoms with van der Waals surface area (Å²) in [5, 5.41) is 19.0. The van der Waals surface area contributed by atoms with Crippen molar-refractivity contribution >= 4 is 61.9 Å². The number of nitrogens with zero attached hydrogens (tertiary/aromatic N) is 4. The van der Waals surface area contributed by atoms with Crippen molar-refractivity contribution < 1.29 is 4.79 Å². The van der Waals surface area contributed by atoms with Crippen LogP contribution in [0.4, 0.5) is 16.6 Å². The monoisotopic (exact) mass is 409 g/mol. The molecule has 0 saturated heterocycles. The molecular formula is C18H12ClN7OS. The molecule has 1 aromatic carbocycles. The molecule has 0 aliphatic rings.